The topological polar surface area (TPSA) is 55.4 Å². The van der Waals surface area contributed by atoms with E-state index in [2.05, 4.69) is 5.32 Å². The number of hydrogen-bond donors (Lipinski definition) is 1. The van der Waals surface area contributed by atoms with Crippen LogP contribution in [0.3, 0.4) is 0 Å². The summed E-state index contributed by atoms with van der Waals surface area (Å²) in [6.45, 7) is 9.14. The van der Waals surface area contributed by atoms with E-state index in [1.54, 1.807) is 13.0 Å². The van der Waals surface area contributed by atoms with E-state index in [0.29, 0.717) is 0 Å². The van der Waals surface area contributed by atoms with E-state index in [9.17, 15) is 9.59 Å². The minimum Gasteiger partial charge on any atom is -0.449 e. The van der Waals surface area contributed by atoms with Gasteiger partial charge in [-0.1, -0.05) is 24.3 Å². The minimum absolute atomic E-state index is 0.305. The summed E-state index contributed by atoms with van der Waals surface area (Å²) in [4.78, 5) is 23.5. The van der Waals surface area contributed by atoms with Crippen LogP contribution >= 0.6 is 0 Å². The molecule has 1 amide bonds. The van der Waals surface area contributed by atoms with Gasteiger partial charge < -0.3 is 10.1 Å². The van der Waals surface area contributed by atoms with E-state index in [1.807, 2.05) is 52.0 Å². The second-order valence-corrected chi connectivity index (χ2v) is 6.01. The zero-order chi connectivity index (χ0) is 16.0. The van der Waals surface area contributed by atoms with Crippen molar-refractivity contribution in [3.63, 3.8) is 0 Å². The Morgan fingerprint density at radius 1 is 1.24 bits per heavy atom. The minimum atomic E-state index is -0.821. The van der Waals surface area contributed by atoms with Crippen LogP contribution in [0.1, 0.15) is 38.8 Å². The average Bonchev–Trinajstić information content (AvgIpc) is 2.35. The van der Waals surface area contributed by atoms with Crippen LogP contribution in [-0.4, -0.2) is 23.5 Å². The largest absolute Gasteiger partial charge is 0.449 e. The lowest BCUT2D eigenvalue weighted by molar-refractivity contribution is -0.150. The Bertz CT molecular complexity index is 541. The summed E-state index contributed by atoms with van der Waals surface area (Å²) in [7, 11) is 0. The lowest BCUT2D eigenvalue weighted by atomic mass is 10.1. The van der Waals surface area contributed by atoms with Gasteiger partial charge in [-0.2, -0.15) is 0 Å². The van der Waals surface area contributed by atoms with Crippen LogP contribution in [0.4, 0.5) is 0 Å². The molecule has 0 saturated heterocycles. The highest BCUT2D eigenvalue weighted by atomic mass is 16.5. The molecule has 0 unspecified atom stereocenters. The van der Waals surface area contributed by atoms with Gasteiger partial charge in [0.15, 0.2) is 6.10 Å². The highest BCUT2D eigenvalue weighted by Gasteiger charge is 2.21. The zero-order valence-electron chi connectivity index (χ0n) is 13.3. The fraction of sp³-hybridized carbons (Fsp3) is 0.412. The molecular weight excluding hydrogens is 266 g/mol. The first-order valence-electron chi connectivity index (χ1n) is 6.95. The monoisotopic (exact) mass is 289 g/mol. The van der Waals surface area contributed by atoms with Gasteiger partial charge in [0.2, 0.25) is 0 Å². The van der Waals surface area contributed by atoms with E-state index in [0.717, 1.165) is 11.1 Å². The van der Waals surface area contributed by atoms with E-state index >= 15 is 0 Å². The van der Waals surface area contributed by atoms with Gasteiger partial charge in [0.25, 0.3) is 5.91 Å². The van der Waals surface area contributed by atoms with Gasteiger partial charge in [0, 0.05) is 11.6 Å². The third kappa shape index (κ3) is 6.25. The summed E-state index contributed by atoms with van der Waals surface area (Å²) in [5.74, 6) is -0.838. The highest BCUT2D eigenvalue weighted by molar-refractivity contribution is 5.90. The predicted molar refractivity (Wildman–Crippen MR) is 83.7 cm³/mol. The number of nitrogens with one attached hydrogen (secondary N) is 1. The van der Waals surface area contributed by atoms with Crippen LogP contribution in [0, 0.1) is 6.92 Å². The number of ether oxygens (including phenoxy) is 1. The van der Waals surface area contributed by atoms with Crippen molar-refractivity contribution in [2.45, 2.75) is 46.3 Å². The molecule has 0 aromatic heterocycles. The molecule has 0 aliphatic rings. The second kappa shape index (κ2) is 7.07. The van der Waals surface area contributed by atoms with Crippen LogP contribution in [0.2, 0.25) is 0 Å². The number of carbonyl (C=O) groups is 2. The van der Waals surface area contributed by atoms with Crippen LogP contribution in [0.5, 0.6) is 0 Å². The van der Waals surface area contributed by atoms with E-state index in [1.165, 1.54) is 6.08 Å². The van der Waals surface area contributed by atoms with Gasteiger partial charge in [0.05, 0.1) is 0 Å². The molecule has 0 saturated carbocycles. The maximum absolute atomic E-state index is 11.8. The van der Waals surface area contributed by atoms with Crippen molar-refractivity contribution in [3.05, 3.63) is 41.5 Å². The van der Waals surface area contributed by atoms with Crippen molar-refractivity contribution < 1.29 is 14.3 Å². The van der Waals surface area contributed by atoms with Gasteiger partial charge in [-0.25, -0.2) is 4.79 Å². The Morgan fingerprint density at radius 3 is 2.43 bits per heavy atom. The van der Waals surface area contributed by atoms with Gasteiger partial charge in [0.1, 0.15) is 0 Å². The van der Waals surface area contributed by atoms with E-state index in [-0.39, 0.29) is 11.4 Å². The molecule has 4 nitrogen and oxygen atoms in total. The molecule has 0 fully saturated rings. The van der Waals surface area contributed by atoms with Crippen molar-refractivity contribution in [2.75, 3.05) is 0 Å². The van der Waals surface area contributed by atoms with Crippen molar-refractivity contribution >= 4 is 18.0 Å². The summed E-state index contributed by atoms with van der Waals surface area (Å²) in [6.07, 6.45) is 2.20. The van der Waals surface area contributed by atoms with Crippen LogP contribution in [0.15, 0.2) is 30.3 Å². The normalized spacial score (nSPS) is 13.0. The molecule has 1 N–H and O–H groups in total. The molecule has 0 heterocycles. The van der Waals surface area contributed by atoms with Crippen molar-refractivity contribution in [3.8, 4) is 0 Å². The number of aryl methyl sites for hydroxylation is 1. The van der Waals surface area contributed by atoms with Gasteiger partial charge >= 0.3 is 5.97 Å². The smallest absolute Gasteiger partial charge is 0.331 e. The standard InChI is InChI=1S/C17H23NO3/c1-12-8-6-7-9-14(12)10-11-15(19)21-13(2)16(20)18-17(3,4)5/h6-11,13H,1-5H3,(H,18,20)/b11-10+/t13-/m1/s1. The zero-order valence-corrected chi connectivity index (χ0v) is 13.3. The maximum Gasteiger partial charge on any atom is 0.331 e. The van der Waals surface area contributed by atoms with Crippen LogP contribution in [-0.2, 0) is 14.3 Å². The molecule has 4 heteroatoms. The van der Waals surface area contributed by atoms with E-state index in [4.69, 9.17) is 4.74 Å². The lowest BCUT2D eigenvalue weighted by Crippen LogP contribution is -2.46. The van der Waals surface area contributed by atoms with Crippen molar-refractivity contribution in [2.24, 2.45) is 0 Å². The van der Waals surface area contributed by atoms with E-state index < -0.39 is 12.1 Å². The molecule has 0 spiro atoms. The van der Waals surface area contributed by atoms with Crippen molar-refractivity contribution in [1.82, 2.24) is 5.32 Å². The quantitative estimate of drug-likeness (QED) is 0.685. The van der Waals surface area contributed by atoms with Gasteiger partial charge in [-0.15, -0.1) is 0 Å². The first-order valence-corrected chi connectivity index (χ1v) is 6.95. The highest BCUT2D eigenvalue weighted by Crippen LogP contribution is 2.09. The number of hydrogen-bond acceptors (Lipinski definition) is 3. The Morgan fingerprint density at radius 2 is 1.86 bits per heavy atom. The van der Waals surface area contributed by atoms with Crippen LogP contribution in [0.25, 0.3) is 6.08 Å². The third-order valence-electron chi connectivity index (χ3n) is 2.75. The Hall–Kier alpha value is -2.10. The SMILES string of the molecule is Cc1ccccc1/C=C/C(=O)O[C@H](C)C(=O)NC(C)(C)C. The predicted octanol–water partition coefficient (Wildman–Crippen LogP) is 2.85. The molecule has 114 valence electrons. The molecule has 0 radical (unpaired) electrons. The number of rotatable bonds is 4. The molecule has 1 aromatic rings. The Kier molecular flexibility index (Phi) is 5.70. The fourth-order valence-electron chi connectivity index (χ4n) is 1.67. The van der Waals surface area contributed by atoms with Gasteiger partial charge in [-0.05, 0) is 51.8 Å². The molecular formula is C17H23NO3. The summed E-state index contributed by atoms with van der Waals surface area (Å²) < 4.78 is 5.08. The molecule has 1 atom stereocenters. The molecule has 0 aliphatic carbocycles. The molecule has 1 aromatic carbocycles. The first kappa shape index (κ1) is 17.0. The Labute approximate surface area is 126 Å². The summed E-state index contributed by atoms with van der Waals surface area (Å²) in [5.41, 5.74) is 1.66. The molecule has 1 rings (SSSR count). The number of esters is 1. The van der Waals surface area contributed by atoms with Crippen molar-refractivity contribution in [1.29, 1.82) is 0 Å². The molecule has 0 aliphatic heterocycles. The second-order valence-electron chi connectivity index (χ2n) is 6.01. The summed E-state index contributed by atoms with van der Waals surface area (Å²) >= 11 is 0. The molecule has 0 bridgehead atoms. The van der Waals surface area contributed by atoms with Gasteiger partial charge in [-0.3, -0.25) is 4.79 Å². The lowest BCUT2D eigenvalue weighted by Gasteiger charge is -2.22. The number of carbonyl (C=O) groups excluding carboxylic acids is 2. The number of benzene rings is 1. The average molecular weight is 289 g/mol. The summed E-state index contributed by atoms with van der Waals surface area (Å²) in [5, 5.41) is 2.77. The fourth-order valence-corrected chi connectivity index (χ4v) is 1.67. The Balaban J connectivity index is 2.58. The number of amides is 1. The first-order chi connectivity index (χ1) is 9.69. The summed E-state index contributed by atoms with van der Waals surface area (Å²) in [6, 6.07) is 7.71. The van der Waals surface area contributed by atoms with Crippen LogP contribution < -0.4 is 5.32 Å². The third-order valence-corrected chi connectivity index (χ3v) is 2.75. The molecule has 21 heavy (non-hydrogen) atoms. The maximum atomic E-state index is 11.8.